The minimum absolute atomic E-state index is 0.0781. The van der Waals surface area contributed by atoms with Crippen molar-refractivity contribution in [1.29, 1.82) is 0 Å². The maximum absolute atomic E-state index is 11.9. The average Bonchev–Trinajstić information content (AvgIpc) is 2.79. The molecule has 5 heteroatoms. The van der Waals surface area contributed by atoms with Crippen LogP contribution in [0.4, 0.5) is 5.69 Å². The molecule has 16 heavy (non-hydrogen) atoms. The van der Waals surface area contributed by atoms with E-state index in [4.69, 9.17) is 0 Å². The van der Waals surface area contributed by atoms with E-state index in [1.807, 2.05) is 32.9 Å². The van der Waals surface area contributed by atoms with Crippen molar-refractivity contribution in [2.45, 2.75) is 20.8 Å². The van der Waals surface area contributed by atoms with Crippen LogP contribution in [0.25, 0.3) is 0 Å². The van der Waals surface area contributed by atoms with E-state index >= 15 is 0 Å². The Bertz CT molecular complexity index is 508. The second-order valence-corrected chi connectivity index (χ2v) is 4.96. The van der Waals surface area contributed by atoms with Gasteiger partial charge in [0.15, 0.2) is 0 Å². The Labute approximate surface area is 97.7 Å². The molecule has 0 unspecified atom stereocenters. The fourth-order valence-electron chi connectivity index (χ4n) is 1.47. The highest BCUT2D eigenvalue weighted by molar-refractivity contribution is 7.14. The lowest BCUT2D eigenvalue weighted by Gasteiger charge is -2.02. The van der Waals surface area contributed by atoms with Crippen LogP contribution in [-0.4, -0.2) is 16.1 Å². The highest BCUT2D eigenvalue weighted by atomic mass is 32.1. The largest absolute Gasteiger partial charge is 0.318 e. The molecule has 1 amide bonds. The van der Waals surface area contributed by atoms with Gasteiger partial charge in [0.25, 0.3) is 5.91 Å². The summed E-state index contributed by atoms with van der Waals surface area (Å²) in [7, 11) is 0. The van der Waals surface area contributed by atoms with E-state index in [1.54, 1.807) is 0 Å². The molecule has 0 atom stereocenters. The van der Waals surface area contributed by atoms with Crippen LogP contribution in [0.2, 0.25) is 0 Å². The fourth-order valence-corrected chi connectivity index (χ4v) is 2.23. The normalized spacial score (nSPS) is 10.4. The first-order valence-corrected chi connectivity index (χ1v) is 5.79. The first-order chi connectivity index (χ1) is 7.58. The number of hydrogen-bond acceptors (Lipinski definition) is 3. The van der Waals surface area contributed by atoms with Gasteiger partial charge < -0.3 is 5.32 Å². The molecule has 2 aromatic heterocycles. The summed E-state index contributed by atoms with van der Waals surface area (Å²) in [5.74, 6) is -0.0781. The number of aromatic nitrogens is 2. The van der Waals surface area contributed by atoms with Gasteiger partial charge in [0.05, 0.1) is 22.0 Å². The fraction of sp³-hybridized carbons (Fsp3) is 0.273. The van der Waals surface area contributed by atoms with Crippen molar-refractivity contribution in [2.24, 2.45) is 0 Å². The number of nitrogens with zero attached hydrogens (tertiary/aromatic N) is 1. The van der Waals surface area contributed by atoms with E-state index in [-0.39, 0.29) is 5.91 Å². The smallest absolute Gasteiger partial charge is 0.265 e. The monoisotopic (exact) mass is 235 g/mol. The predicted molar refractivity (Wildman–Crippen MR) is 65.1 cm³/mol. The molecule has 0 bridgehead atoms. The van der Waals surface area contributed by atoms with Crippen molar-refractivity contribution in [3.8, 4) is 0 Å². The number of aryl methyl sites for hydroxylation is 3. The van der Waals surface area contributed by atoms with Crippen molar-refractivity contribution in [1.82, 2.24) is 10.2 Å². The molecule has 4 nitrogen and oxygen atoms in total. The number of anilines is 1. The van der Waals surface area contributed by atoms with Gasteiger partial charge in [0.2, 0.25) is 0 Å². The Morgan fingerprint density at radius 1 is 1.38 bits per heavy atom. The van der Waals surface area contributed by atoms with Crippen LogP contribution in [0.5, 0.6) is 0 Å². The van der Waals surface area contributed by atoms with Crippen LogP contribution >= 0.6 is 11.3 Å². The first-order valence-electron chi connectivity index (χ1n) is 4.97. The van der Waals surface area contributed by atoms with Crippen LogP contribution in [0.3, 0.4) is 0 Å². The molecule has 0 saturated heterocycles. The topological polar surface area (TPSA) is 57.8 Å². The van der Waals surface area contributed by atoms with Crippen molar-refractivity contribution >= 4 is 22.9 Å². The summed E-state index contributed by atoms with van der Waals surface area (Å²) < 4.78 is 0. The summed E-state index contributed by atoms with van der Waals surface area (Å²) in [5, 5.41) is 9.74. The average molecular weight is 235 g/mol. The first kappa shape index (κ1) is 10.9. The minimum atomic E-state index is -0.0781. The second-order valence-electron chi connectivity index (χ2n) is 3.67. The van der Waals surface area contributed by atoms with Crippen molar-refractivity contribution in [2.75, 3.05) is 5.32 Å². The minimum Gasteiger partial charge on any atom is -0.318 e. The number of H-pyrrole nitrogens is 1. The lowest BCUT2D eigenvalue weighted by molar-refractivity contribution is 0.103. The number of amides is 1. The lowest BCUT2D eigenvalue weighted by atomic mass is 10.3. The molecule has 2 rings (SSSR count). The van der Waals surface area contributed by atoms with Gasteiger partial charge in [-0.3, -0.25) is 9.89 Å². The molecule has 2 heterocycles. The third-order valence-electron chi connectivity index (χ3n) is 2.33. The summed E-state index contributed by atoms with van der Waals surface area (Å²) in [6, 6.07) is 3.77. The Kier molecular flexibility index (Phi) is 2.78. The van der Waals surface area contributed by atoms with E-state index in [0.29, 0.717) is 0 Å². The Morgan fingerprint density at radius 2 is 2.12 bits per heavy atom. The molecule has 2 N–H and O–H groups in total. The lowest BCUT2D eigenvalue weighted by Crippen LogP contribution is -2.11. The maximum Gasteiger partial charge on any atom is 0.265 e. The van der Waals surface area contributed by atoms with Crippen molar-refractivity contribution in [3.05, 3.63) is 33.3 Å². The number of rotatable bonds is 2. The SMILES string of the molecule is Cc1ccc(C(=O)Nc2c(C)n[nH]c2C)s1. The molecule has 0 aliphatic heterocycles. The van der Waals surface area contributed by atoms with Gasteiger partial charge >= 0.3 is 0 Å². The molecule has 2 aromatic rings. The summed E-state index contributed by atoms with van der Waals surface area (Å²) in [4.78, 5) is 13.7. The predicted octanol–water partition coefficient (Wildman–Crippen LogP) is 2.65. The summed E-state index contributed by atoms with van der Waals surface area (Å²) in [5.41, 5.74) is 2.45. The number of nitrogens with one attached hydrogen (secondary N) is 2. The van der Waals surface area contributed by atoms with Crippen molar-refractivity contribution < 1.29 is 4.79 Å². The third kappa shape index (κ3) is 1.99. The quantitative estimate of drug-likeness (QED) is 0.840. The Hall–Kier alpha value is -1.62. The number of thiophene rings is 1. The van der Waals surface area contributed by atoms with Gasteiger partial charge in [-0.1, -0.05) is 0 Å². The molecule has 0 aliphatic rings. The zero-order chi connectivity index (χ0) is 11.7. The molecule has 84 valence electrons. The molecule has 0 saturated carbocycles. The van der Waals surface area contributed by atoms with Crippen LogP contribution in [-0.2, 0) is 0 Å². The molecular formula is C11H13N3OS. The van der Waals surface area contributed by atoms with E-state index in [1.165, 1.54) is 11.3 Å². The summed E-state index contributed by atoms with van der Waals surface area (Å²) in [6.07, 6.45) is 0. The van der Waals surface area contributed by atoms with Crippen LogP contribution in [0.15, 0.2) is 12.1 Å². The van der Waals surface area contributed by atoms with Gasteiger partial charge in [-0.2, -0.15) is 5.10 Å². The van der Waals surface area contributed by atoms with Gasteiger partial charge in [-0.05, 0) is 32.9 Å². The number of aromatic amines is 1. The van der Waals surface area contributed by atoms with Crippen LogP contribution in [0.1, 0.15) is 25.9 Å². The van der Waals surface area contributed by atoms with Gasteiger partial charge in [-0.15, -0.1) is 11.3 Å². The number of hydrogen-bond donors (Lipinski definition) is 2. The highest BCUT2D eigenvalue weighted by Gasteiger charge is 2.12. The molecule has 0 aliphatic carbocycles. The van der Waals surface area contributed by atoms with Crippen LogP contribution in [0, 0.1) is 20.8 Å². The third-order valence-corrected chi connectivity index (χ3v) is 3.33. The Morgan fingerprint density at radius 3 is 2.62 bits per heavy atom. The van der Waals surface area contributed by atoms with Crippen LogP contribution < -0.4 is 5.32 Å². The van der Waals surface area contributed by atoms with E-state index in [0.717, 1.165) is 26.8 Å². The standard InChI is InChI=1S/C11H13N3OS/c1-6-4-5-9(16-6)11(15)12-10-7(2)13-14-8(10)3/h4-5H,1-3H3,(H,12,15)(H,13,14). The molecule has 0 aromatic carbocycles. The van der Waals surface area contributed by atoms with E-state index < -0.39 is 0 Å². The number of carbonyl (C=O) groups is 1. The summed E-state index contributed by atoms with van der Waals surface area (Å²) >= 11 is 1.49. The Balaban J connectivity index is 2.20. The molecule has 0 fully saturated rings. The highest BCUT2D eigenvalue weighted by Crippen LogP contribution is 2.20. The molecule has 0 radical (unpaired) electrons. The zero-order valence-corrected chi connectivity index (χ0v) is 10.2. The van der Waals surface area contributed by atoms with E-state index in [9.17, 15) is 4.79 Å². The van der Waals surface area contributed by atoms with Gasteiger partial charge in [0, 0.05) is 4.88 Å². The van der Waals surface area contributed by atoms with Gasteiger partial charge in [0.1, 0.15) is 0 Å². The molecule has 0 spiro atoms. The molecular weight excluding hydrogens is 222 g/mol. The zero-order valence-electron chi connectivity index (χ0n) is 9.42. The second kappa shape index (κ2) is 4.09. The van der Waals surface area contributed by atoms with E-state index in [2.05, 4.69) is 15.5 Å². The summed E-state index contributed by atoms with van der Waals surface area (Å²) in [6.45, 7) is 5.73. The van der Waals surface area contributed by atoms with Gasteiger partial charge in [-0.25, -0.2) is 0 Å². The number of carbonyl (C=O) groups excluding carboxylic acids is 1. The maximum atomic E-state index is 11.9. The van der Waals surface area contributed by atoms with Crippen molar-refractivity contribution in [3.63, 3.8) is 0 Å².